The summed E-state index contributed by atoms with van der Waals surface area (Å²) in [6.07, 6.45) is 1.42. The zero-order valence-electron chi connectivity index (χ0n) is 15.1. The molecule has 10 heteroatoms. The first-order valence-electron chi connectivity index (χ1n) is 8.21. The van der Waals surface area contributed by atoms with Gasteiger partial charge in [-0.15, -0.1) is 0 Å². The van der Waals surface area contributed by atoms with Crippen molar-refractivity contribution < 1.29 is 17.3 Å². The average Bonchev–Trinajstić information content (AvgIpc) is 3.28. The molecule has 144 valence electrons. The summed E-state index contributed by atoms with van der Waals surface area (Å²) in [6.45, 7) is 3.81. The molecule has 0 aliphatic rings. The molecule has 0 radical (unpaired) electrons. The Balaban J connectivity index is 1.72. The molecule has 2 aromatic heterocycles. The molecule has 0 spiro atoms. The van der Waals surface area contributed by atoms with Gasteiger partial charge in [0.25, 0.3) is 5.88 Å². The van der Waals surface area contributed by atoms with Crippen LogP contribution in [0.3, 0.4) is 0 Å². The molecule has 3 rings (SSSR count). The fraction of sp³-hybridized carbons (Fsp3) is 0.167. The quantitative estimate of drug-likeness (QED) is 0.478. The molecule has 0 aliphatic heterocycles. The molecule has 0 amide bonds. The summed E-state index contributed by atoms with van der Waals surface area (Å²) < 4.78 is 33.7. The van der Waals surface area contributed by atoms with E-state index in [9.17, 15) is 8.42 Å². The number of hydrogen-bond donors (Lipinski definition) is 2. The van der Waals surface area contributed by atoms with E-state index in [1.165, 1.54) is 18.3 Å². The predicted molar refractivity (Wildman–Crippen MR) is 102 cm³/mol. The number of hydrazone groups is 1. The third-order valence-corrected chi connectivity index (χ3v) is 4.62. The minimum Gasteiger partial charge on any atom is -0.455 e. The Bertz CT molecular complexity index is 1150. The van der Waals surface area contributed by atoms with E-state index in [2.05, 4.69) is 15.5 Å². The highest BCUT2D eigenvalue weighted by Gasteiger charge is 2.15. The topological polar surface area (TPSA) is 148 Å². The van der Waals surface area contributed by atoms with Gasteiger partial charge in [-0.05, 0) is 36.4 Å². The molecule has 0 saturated heterocycles. The van der Waals surface area contributed by atoms with E-state index < -0.39 is 10.0 Å². The smallest absolute Gasteiger partial charge is 0.252 e. The van der Waals surface area contributed by atoms with E-state index in [0.29, 0.717) is 23.0 Å². The summed E-state index contributed by atoms with van der Waals surface area (Å²) >= 11 is 0. The van der Waals surface area contributed by atoms with Crippen LogP contribution >= 0.6 is 0 Å². The van der Waals surface area contributed by atoms with Gasteiger partial charge in [0, 0.05) is 11.5 Å². The van der Waals surface area contributed by atoms with Crippen LogP contribution < -0.4 is 10.6 Å². The van der Waals surface area contributed by atoms with Gasteiger partial charge in [0.1, 0.15) is 17.6 Å². The largest absolute Gasteiger partial charge is 0.455 e. The first kappa shape index (κ1) is 19.3. The van der Waals surface area contributed by atoms with E-state index in [4.69, 9.17) is 19.2 Å². The Labute approximate surface area is 161 Å². The van der Waals surface area contributed by atoms with Crippen molar-refractivity contribution in [2.45, 2.75) is 24.7 Å². The van der Waals surface area contributed by atoms with Gasteiger partial charge in [0.15, 0.2) is 0 Å². The minimum absolute atomic E-state index is 0.0231. The Morgan fingerprint density at radius 3 is 2.54 bits per heavy atom. The zero-order valence-corrected chi connectivity index (χ0v) is 15.9. The predicted octanol–water partition coefficient (Wildman–Crippen LogP) is 3.02. The highest BCUT2D eigenvalue weighted by atomic mass is 32.2. The molecule has 3 aromatic rings. The van der Waals surface area contributed by atoms with E-state index in [-0.39, 0.29) is 22.4 Å². The van der Waals surface area contributed by atoms with Crippen LogP contribution in [-0.2, 0) is 10.0 Å². The third-order valence-electron chi connectivity index (χ3n) is 3.70. The first-order valence-corrected chi connectivity index (χ1v) is 9.75. The van der Waals surface area contributed by atoms with Crippen LogP contribution in [0.15, 0.2) is 55.2 Å². The molecule has 0 aliphatic carbocycles. The molecule has 2 heterocycles. The SMILES string of the molecule is CC(C)c1nc(C#N)c(NN=Cc2ccc(-c3ccc(S(N)(=O)=O)cc3)o2)o1. The Morgan fingerprint density at radius 1 is 1.21 bits per heavy atom. The number of rotatable bonds is 6. The summed E-state index contributed by atoms with van der Waals surface area (Å²) in [5.41, 5.74) is 3.44. The number of nitrogens with one attached hydrogen (secondary N) is 1. The molecule has 3 N–H and O–H groups in total. The maximum Gasteiger partial charge on any atom is 0.252 e. The Kier molecular flexibility index (Phi) is 5.30. The number of nitrogens with two attached hydrogens (primary N) is 1. The van der Waals surface area contributed by atoms with Crippen LogP contribution in [0.4, 0.5) is 5.88 Å². The minimum atomic E-state index is -3.74. The van der Waals surface area contributed by atoms with Crippen LogP contribution in [-0.4, -0.2) is 19.6 Å². The lowest BCUT2D eigenvalue weighted by atomic mass is 10.2. The van der Waals surface area contributed by atoms with E-state index in [1.54, 1.807) is 24.3 Å². The number of benzene rings is 1. The van der Waals surface area contributed by atoms with Crippen molar-refractivity contribution >= 4 is 22.1 Å². The Morgan fingerprint density at radius 2 is 1.93 bits per heavy atom. The number of nitrogens with zero attached hydrogens (tertiary/aromatic N) is 3. The lowest BCUT2D eigenvalue weighted by Gasteiger charge is -2.00. The summed E-state index contributed by atoms with van der Waals surface area (Å²) in [4.78, 5) is 4.11. The fourth-order valence-corrected chi connectivity index (χ4v) is 2.79. The molecule has 0 unspecified atom stereocenters. The lowest BCUT2D eigenvalue weighted by molar-refractivity contribution is 0.481. The second-order valence-corrected chi connectivity index (χ2v) is 7.70. The number of hydrogen-bond acceptors (Lipinski definition) is 8. The van der Waals surface area contributed by atoms with Crippen LogP contribution in [0.5, 0.6) is 0 Å². The van der Waals surface area contributed by atoms with Crippen molar-refractivity contribution in [3.8, 4) is 17.4 Å². The molecule has 1 aromatic carbocycles. The molecule has 28 heavy (non-hydrogen) atoms. The van der Waals surface area contributed by atoms with Crippen molar-refractivity contribution in [1.29, 1.82) is 5.26 Å². The zero-order chi connectivity index (χ0) is 20.3. The van der Waals surface area contributed by atoms with Gasteiger partial charge in [-0.2, -0.15) is 10.4 Å². The molecule has 0 atom stereocenters. The summed E-state index contributed by atoms with van der Waals surface area (Å²) in [6, 6.07) is 11.4. The number of anilines is 1. The van der Waals surface area contributed by atoms with Gasteiger partial charge >= 0.3 is 0 Å². The lowest BCUT2D eigenvalue weighted by Crippen LogP contribution is -2.11. The fourth-order valence-electron chi connectivity index (χ4n) is 2.28. The number of furan rings is 1. The van der Waals surface area contributed by atoms with E-state index >= 15 is 0 Å². The van der Waals surface area contributed by atoms with Crippen LogP contribution in [0.25, 0.3) is 11.3 Å². The standard InChI is InChI=1S/C18H17N5O4S/c1-11(2)17-22-15(9-19)18(27-17)23-21-10-13-5-8-16(26-13)12-3-6-14(7-4-12)28(20,24)25/h3-8,10-11,23H,1-2H3,(H2,20,24,25). The molecule has 0 fully saturated rings. The third kappa shape index (κ3) is 4.28. The Hall–Kier alpha value is -3.42. The molecule has 0 saturated carbocycles. The number of primary sulfonamides is 1. The maximum atomic E-state index is 11.3. The van der Waals surface area contributed by atoms with Gasteiger partial charge in [-0.3, -0.25) is 0 Å². The molecule has 9 nitrogen and oxygen atoms in total. The first-order chi connectivity index (χ1) is 13.3. The highest BCUT2D eigenvalue weighted by Crippen LogP contribution is 2.24. The average molecular weight is 399 g/mol. The molecular weight excluding hydrogens is 382 g/mol. The molecular formula is C18H17N5O4S. The van der Waals surface area contributed by atoms with Gasteiger partial charge in [0.05, 0.1) is 11.1 Å². The van der Waals surface area contributed by atoms with Gasteiger partial charge in [0.2, 0.25) is 21.6 Å². The number of nitriles is 1. The van der Waals surface area contributed by atoms with Crippen molar-refractivity contribution in [3.63, 3.8) is 0 Å². The summed E-state index contributed by atoms with van der Waals surface area (Å²) in [5, 5.41) is 18.2. The van der Waals surface area contributed by atoms with Crippen LogP contribution in [0.1, 0.15) is 37.1 Å². The van der Waals surface area contributed by atoms with Gasteiger partial charge in [-0.1, -0.05) is 13.8 Å². The van der Waals surface area contributed by atoms with Crippen molar-refractivity contribution in [1.82, 2.24) is 4.98 Å². The van der Waals surface area contributed by atoms with Crippen LogP contribution in [0, 0.1) is 11.3 Å². The summed E-state index contributed by atoms with van der Waals surface area (Å²) in [7, 11) is -3.74. The number of sulfonamides is 1. The van der Waals surface area contributed by atoms with Gasteiger partial charge < -0.3 is 8.83 Å². The maximum absolute atomic E-state index is 11.3. The van der Waals surface area contributed by atoms with E-state index in [0.717, 1.165) is 0 Å². The monoisotopic (exact) mass is 399 g/mol. The van der Waals surface area contributed by atoms with Crippen molar-refractivity contribution in [2.24, 2.45) is 10.2 Å². The van der Waals surface area contributed by atoms with Crippen molar-refractivity contribution in [2.75, 3.05) is 5.43 Å². The summed E-state index contributed by atoms with van der Waals surface area (Å²) in [5.74, 6) is 1.62. The van der Waals surface area contributed by atoms with Gasteiger partial charge in [-0.25, -0.2) is 24.0 Å². The van der Waals surface area contributed by atoms with Crippen LogP contribution in [0.2, 0.25) is 0 Å². The highest BCUT2D eigenvalue weighted by molar-refractivity contribution is 7.89. The second kappa shape index (κ2) is 7.67. The molecule has 0 bridgehead atoms. The normalized spacial score (nSPS) is 11.8. The number of oxazole rings is 1. The second-order valence-electron chi connectivity index (χ2n) is 6.14. The van der Waals surface area contributed by atoms with E-state index in [1.807, 2.05) is 19.9 Å². The number of aromatic nitrogens is 1. The van der Waals surface area contributed by atoms with Crippen molar-refractivity contribution in [3.05, 3.63) is 53.7 Å².